The third kappa shape index (κ3) is 3.99. The Labute approximate surface area is 184 Å². The van der Waals surface area contributed by atoms with Crippen molar-refractivity contribution in [1.82, 2.24) is 19.4 Å². The zero-order valence-electron chi connectivity index (χ0n) is 19.3. The first-order chi connectivity index (χ1) is 14.8. The maximum absolute atomic E-state index is 12.6. The highest BCUT2D eigenvalue weighted by Gasteiger charge is 2.35. The molecule has 2 aromatic rings. The molecule has 1 saturated heterocycles. The number of rotatable bonds is 3. The molecule has 2 saturated carbocycles. The fourth-order valence-electron chi connectivity index (χ4n) is 5.24. The molecular weight excluding hydrogens is 390 g/mol. The van der Waals surface area contributed by atoms with Gasteiger partial charge in [-0.2, -0.15) is 0 Å². The highest BCUT2D eigenvalue weighted by atomic mass is 16.6. The van der Waals surface area contributed by atoms with Gasteiger partial charge in [-0.15, -0.1) is 0 Å². The molecule has 0 aromatic carbocycles. The molecule has 2 aromatic heterocycles. The molecule has 0 unspecified atom stereocenters. The average Bonchev–Trinajstić information content (AvgIpc) is 3.26. The lowest BCUT2D eigenvalue weighted by Crippen LogP contribution is -2.54. The van der Waals surface area contributed by atoms with Crippen molar-refractivity contribution in [2.45, 2.75) is 89.8 Å². The third-order valence-electron chi connectivity index (χ3n) is 6.91. The fourth-order valence-corrected chi connectivity index (χ4v) is 5.24. The van der Waals surface area contributed by atoms with E-state index in [4.69, 9.17) is 14.7 Å². The number of anilines is 1. The molecule has 0 spiro atoms. The second-order valence-corrected chi connectivity index (χ2v) is 10.6. The molecular formula is C24H35N5O2. The van der Waals surface area contributed by atoms with Crippen LogP contribution in [0, 0.1) is 0 Å². The number of piperazine rings is 1. The van der Waals surface area contributed by atoms with Crippen LogP contribution in [-0.2, 0) is 4.74 Å². The number of hydrogen-bond donors (Lipinski definition) is 0. The van der Waals surface area contributed by atoms with Gasteiger partial charge in [0.15, 0.2) is 0 Å². The third-order valence-corrected chi connectivity index (χ3v) is 6.91. The molecule has 0 bridgehead atoms. The summed E-state index contributed by atoms with van der Waals surface area (Å²) in [6.07, 6.45) is 11.5. The Bertz CT molecular complexity index is 968. The van der Waals surface area contributed by atoms with Crippen molar-refractivity contribution in [2.75, 3.05) is 24.5 Å². The smallest absolute Gasteiger partial charge is 0.410 e. The van der Waals surface area contributed by atoms with Gasteiger partial charge in [-0.1, -0.05) is 12.8 Å². The highest BCUT2D eigenvalue weighted by molar-refractivity contribution is 5.92. The monoisotopic (exact) mass is 425 g/mol. The molecule has 3 heterocycles. The summed E-state index contributed by atoms with van der Waals surface area (Å²) >= 11 is 0. The Balaban J connectivity index is 1.45. The summed E-state index contributed by atoms with van der Waals surface area (Å²) in [5.74, 6) is 1.69. The van der Waals surface area contributed by atoms with E-state index in [1.807, 2.05) is 25.7 Å². The summed E-state index contributed by atoms with van der Waals surface area (Å²) in [6, 6.07) is 0.737. The number of amides is 1. The number of ether oxygens (including phenoxy) is 1. The van der Waals surface area contributed by atoms with Crippen LogP contribution in [-0.4, -0.2) is 56.8 Å². The van der Waals surface area contributed by atoms with E-state index in [2.05, 4.69) is 22.6 Å². The molecule has 3 aliphatic rings. The Morgan fingerprint density at radius 2 is 1.84 bits per heavy atom. The number of carbonyl (C=O) groups excluding carboxylic acids is 1. The maximum atomic E-state index is 12.6. The van der Waals surface area contributed by atoms with Crippen LogP contribution in [0.25, 0.3) is 11.0 Å². The number of fused-ring (bicyclic) bond motifs is 1. The average molecular weight is 426 g/mol. The Hall–Kier alpha value is -2.31. The summed E-state index contributed by atoms with van der Waals surface area (Å²) in [7, 11) is 0. The van der Waals surface area contributed by atoms with E-state index in [-0.39, 0.29) is 12.1 Å². The predicted molar refractivity (Wildman–Crippen MR) is 122 cm³/mol. The van der Waals surface area contributed by atoms with Crippen LogP contribution in [0.1, 0.15) is 83.7 Å². The van der Waals surface area contributed by atoms with Crippen molar-refractivity contribution < 1.29 is 9.53 Å². The second kappa shape index (κ2) is 7.68. The fraction of sp³-hybridized carbons (Fsp3) is 0.708. The molecule has 1 aliphatic heterocycles. The minimum absolute atomic E-state index is 0.168. The Morgan fingerprint density at radius 3 is 2.48 bits per heavy atom. The molecule has 7 nitrogen and oxygen atoms in total. The summed E-state index contributed by atoms with van der Waals surface area (Å²) < 4.78 is 8.04. The molecule has 7 heteroatoms. The SMILES string of the molecule is C[C@H]1CN(C(=O)OC(C)(C)C)CCN1c1ncnc2c1c(C1CC1)cn2C1CCCC1. The van der Waals surface area contributed by atoms with Crippen LogP contribution in [0.5, 0.6) is 0 Å². The van der Waals surface area contributed by atoms with Crippen LogP contribution in [0.2, 0.25) is 0 Å². The van der Waals surface area contributed by atoms with Crippen molar-refractivity contribution in [3.8, 4) is 0 Å². The molecule has 0 radical (unpaired) electrons. The van der Waals surface area contributed by atoms with Crippen LogP contribution in [0.15, 0.2) is 12.5 Å². The Morgan fingerprint density at radius 1 is 1.10 bits per heavy atom. The summed E-state index contributed by atoms with van der Waals surface area (Å²) in [5.41, 5.74) is 2.05. The van der Waals surface area contributed by atoms with E-state index >= 15 is 0 Å². The van der Waals surface area contributed by atoms with E-state index in [1.165, 1.54) is 49.5 Å². The minimum Gasteiger partial charge on any atom is -0.444 e. The van der Waals surface area contributed by atoms with E-state index in [1.54, 1.807) is 6.33 Å². The standard InChI is InChI=1S/C24H35N5O2/c1-16-13-27(23(30)31-24(2,3)4)11-12-28(16)21-20-19(17-9-10-17)14-29(18-7-5-6-8-18)22(20)26-15-25-21/h14-18H,5-13H2,1-4H3/t16-/m0/s1. The van der Waals surface area contributed by atoms with Crippen molar-refractivity contribution in [1.29, 1.82) is 0 Å². The first-order valence-electron chi connectivity index (χ1n) is 11.9. The van der Waals surface area contributed by atoms with Crippen molar-refractivity contribution >= 4 is 22.9 Å². The summed E-state index contributed by atoms with van der Waals surface area (Å²) in [4.78, 5) is 26.3. The Kier molecular flexibility index (Phi) is 5.10. The largest absolute Gasteiger partial charge is 0.444 e. The van der Waals surface area contributed by atoms with Gasteiger partial charge in [0.2, 0.25) is 0 Å². The first-order valence-corrected chi connectivity index (χ1v) is 11.9. The van der Waals surface area contributed by atoms with Gasteiger partial charge in [-0.05, 0) is 64.9 Å². The van der Waals surface area contributed by atoms with Gasteiger partial charge in [0, 0.05) is 37.9 Å². The maximum Gasteiger partial charge on any atom is 0.410 e. The van der Waals surface area contributed by atoms with E-state index in [9.17, 15) is 4.79 Å². The van der Waals surface area contributed by atoms with Crippen molar-refractivity contribution in [3.63, 3.8) is 0 Å². The van der Waals surface area contributed by atoms with Gasteiger partial charge in [0.25, 0.3) is 0 Å². The lowest BCUT2D eigenvalue weighted by Gasteiger charge is -2.41. The van der Waals surface area contributed by atoms with Crippen molar-refractivity contribution in [3.05, 3.63) is 18.1 Å². The molecule has 168 valence electrons. The number of aromatic nitrogens is 3. The van der Waals surface area contributed by atoms with Crippen LogP contribution in [0.3, 0.4) is 0 Å². The quantitative estimate of drug-likeness (QED) is 0.702. The lowest BCUT2D eigenvalue weighted by atomic mass is 10.1. The van der Waals surface area contributed by atoms with E-state index in [0.29, 0.717) is 25.0 Å². The van der Waals surface area contributed by atoms with Gasteiger partial charge >= 0.3 is 6.09 Å². The molecule has 5 rings (SSSR count). The van der Waals surface area contributed by atoms with Gasteiger partial charge < -0.3 is 19.1 Å². The highest BCUT2D eigenvalue weighted by Crippen LogP contribution is 2.47. The van der Waals surface area contributed by atoms with Crippen LogP contribution < -0.4 is 4.90 Å². The van der Waals surface area contributed by atoms with Crippen molar-refractivity contribution in [2.24, 2.45) is 0 Å². The zero-order chi connectivity index (χ0) is 21.8. The van der Waals surface area contributed by atoms with Crippen LogP contribution in [0.4, 0.5) is 10.6 Å². The van der Waals surface area contributed by atoms with Crippen LogP contribution >= 0.6 is 0 Å². The predicted octanol–water partition coefficient (Wildman–Crippen LogP) is 4.87. The molecule has 2 aliphatic carbocycles. The molecule has 1 atom stereocenters. The lowest BCUT2D eigenvalue weighted by molar-refractivity contribution is 0.0218. The normalized spacial score (nSPS) is 23.0. The van der Waals surface area contributed by atoms with Gasteiger partial charge in [0.1, 0.15) is 23.4 Å². The number of hydrogen-bond acceptors (Lipinski definition) is 5. The van der Waals surface area contributed by atoms with Gasteiger partial charge in [-0.25, -0.2) is 14.8 Å². The summed E-state index contributed by atoms with van der Waals surface area (Å²) in [5, 5.41) is 1.24. The minimum atomic E-state index is -0.474. The van der Waals surface area contributed by atoms with E-state index < -0.39 is 5.60 Å². The number of nitrogens with zero attached hydrogens (tertiary/aromatic N) is 5. The van der Waals surface area contributed by atoms with Gasteiger partial charge in [0.05, 0.1) is 5.39 Å². The second-order valence-electron chi connectivity index (χ2n) is 10.6. The summed E-state index contributed by atoms with van der Waals surface area (Å²) in [6.45, 7) is 9.96. The zero-order valence-corrected chi connectivity index (χ0v) is 19.3. The topological polar surface area (TPSA) is 63.5 Å². The van der Waals surface area contributed by atoms with E-state index in [0.717, 1.165) is 18.0 Å². The molecule has 31 heavy (non-hydrogen) atoms. The molecule has 1 amide bonds. The first kappa shape index (κ1) is 20.6. The molecule has 0 N–H and O–H groups in total. The molecule has 3 fully saturated rings. The van der Waals surface area contributed by atoms with Gasteiger partial charge in [-0.3, -0.25) is 0 Å². The number of carbonyl (C=O) groups is 1.